The molecule has 2 aromatic carbocycles. The molecule has 0 N–H and O–H groups in total. The van der Waals surface area contributed by atoms with Crippen LogP contribution < -0.4 is 16.7 Å². The zero-order chi connectivity index (χ0) is 34.2. The number of carbonyl (C=O) groups excluding carboxylic acids is 2. The molecule has 8 fully saturated rings. The third-order valence-corrected chi connectivity index (χ3v) is 18.8. The summed E-state index contributed by atoms with van der Waals surface area (Å²) in [6, 6.07) is 8.29. The molecule has 0 amide bonds. The Hall–Kier alpha value is -2.23. The Balaban J connectivity index is 0.861. The molecule has 0 unspecified atom stereocenters. The first-order valence-corrected chi connectivity index (χ1v) is 21.3. The van der Waals surface area contributed by atoms with Gasteiger partial charge in [-0.15, -0.1) is 0 Å². The molecule has 2 aromatic rings. The first kappa shape index (κ1) is 33.9. The van der Waals surface area contributed by atoms with Gasteiger partial charge in [-0.25, -0.2) is 0 Å². The van der Waals surface area contributed by atoms with Crippen molar-refractivity contribution >= 4 is 40.1 Å². The summed E-state index contributed by atoms with van der Waals surface area (Å²) in [5.41, 5.74) is 4.11. The monoisotopic (exact) mass is 784 g/mol. The molecule has 49 heavy (non-hydrogen) atoms. The maximum atomic E-state index is 13.1. The summed E-state index contributed by atoms with van der Waals surface area (Å²) in [5, 5.41) is 0. The summed E-state index contributed by atoms with van der Waals surface area (Å²) < 4.78 is 27.3. The van der Waals surface area contributed by atoms with E-state index in [1.165, 1.54) is 93.7 Å². The molecular weight excluding hydrogens is 728 g/mol. The number of carbonyl (C=O) groups is 2. The van der Waals surface area contributed by atoms with Gasteiger partial charge in [0.2, 0.25) is 0 Å². The Morgan fingerprint density at radius 1 is 0.551 bits per heavy atom. The summed E-state index contributed by atoms with van der Waals surface area (Å²) >= 11 is -0.703. The summed E-state index contributed by atoms with van der Waals surface area (Å²) in [7, 11) is 0. The summed E-state index contributed by atoms with van der Waals surface area (Å²) in [4.78, 5) is 26.1. The normalized spacial score (nSPS) is 36.5. The molecule has 6 nitrogen and oxygen atoms in total. The Bertz CT molecular complexity index is 1420. The Morgan fingerprint density at radius 3 is 1.12 bits per heavy atom. The summed E-state index contributed by atoms with van der Waals surface area (Å²) in [6.45, 7) is 12.8. The van der Waals surface area contributed by atoms with E-state index in [0.717, 1.165) is 35.2 Å². The number of rotatable bonds is 10. The SMILES string of the molecule is Cc1cc(OCC(=O)OC2(C)C3CC4CC(C3)CC2C4)cc(C)c1[Te]c1c(C)cc(OCC(=O)OC2(C)C3CC4CC(C3)CC2C4)cc1C. The standard InChI is InChI=1S/C42H54O6Te/c1-23-7-35(45-21-37(43)47-41(5)31-13-27-11-28(15-31)16-32(41)14-27)8-24(2)39(23)49-40-25(3)9-36(10-26(40)4)46-22-38(44)48-42(6)33-17-29-12-30(19-33)20-34(42)18-29/h7-10,27-34H,11-22H2,1-6H3. The van der Waals surface area contributed by atoms with Crippen LogP contribution in [0.15, 0.2) is 24.3 Å². The van der Waals surface area contributed by atoms with Gasteiger partial charge in [0.1, 0.15) is 0 Å². The molecule has 264 valence electrons. The van der Waals surface area contributed by atoms with Gasteiger partial charge in [0.25, 0.3) is 0 Å². The van der Waals surface area contributed by atoms with E-state index in [1.54, 1.807) is 0 Å². The number of hydrogen-bond donors (Lipinski definition) is 0. The second-order valence-electron chi connectivity index (χ2n) is 17.4. The van der Waals surface area contributed by atoms with Crippen molar-refractivity contribution in [1.29, 1.82) is 0 Å². The van der Waals surface area contributed by atoms with Gasteiger partial charge >= 0.3 is 291 Å². The minimum absolute atomic E-state index is 0.0502. The van der Waals surface area contributed by atoms with Crippen molar-refractivity contribution in [2.45, 2.75) is 117 Å². The van der Waals surface area contributed by atoms with Gasteiger partial charge in [-0.3, -0.25) is 0 Å². The van der Waals surface area contributed by atoms with Crippen molar-refractivity contribution in [1.82, 2.24) is 0 Å². The van der Waals surface area contributed by atoms with E-state index in [1.807, 2.05) is 0 Å². The van der Waals surface area contributed by atoms with Crippen LogP contribution in [-0.4, -0.2) is 57.3 Å². The van der Waals surface area contributed by atoms with Crippen LogP contribution in [-0.2, 0) is 19.1 Å². The number of aryl methyl sites for hydroxylation is 4. The minimum atomic E-state index is -0.703. The average molecular weight is 782 g/mol. The maximum absolute atomic E-state index is 13.1. The van der Waals surface area contributed by atoms with Crippen LogP contribution in [0.5, 0.6) is 11.5 Å². The second kappa shape index (κ2) is 12.8. The average Bonchev–Trinajstić information content (AvgIpc) is 3.03. The van der Waals surface area contributed by atoms with Crippen LogP contribution in [0.3, 0.4) is 0 Å². The van der Waals surface area contributed by atoms with Gasteiger partial charge in [0, 0.05) is 0 Å². The summed E-state index contributed by atoms with van der Waals surface area (Å²) in [5.74, 6) is 6.35. The number of ether oxygens (including phenoxy) is 4. The van der Waals surface area contributed by atoms with Crippen molar-refractivity contribution in [3.8, 4) is 11.5 Å². The van der Waals surface area contributed by atoms with Crippen LogP contribution in [0, 0.1) is 75.0 Å². The molecule has 0 heterocycles. The zero-order valence-electron chi connectivity index (χ0n) is 30.3. The summed E-state index contributed by atoms with van der Waals surface area (Å²) in [6.07, 6.45) is 12.5. The molecule has 0 radical (unpaired) electrons. The Labute approximate surface area is 302 Å². The molecule has 8 bridgehead atoms. The number of esters is 2. The predicted molar refractivity (Wildman–Crippen MR) is 191 cm³/mol. The van der Waals surface area contributed by atoms with E-state index >= 15 is 0 Å². The molecule has 0 spiro atoms. The molecular formula is C42H54O6Te. The molecule has 0 saturated heterocycles. The van der Waals surface area contributed by atoms with Crippen molar-refractivity contribution in [2.24, 2.45) is 47.3 Å². The molecule has 8 aliphatic rings. The van der Waals surface area contributed by atoms with Crippen LogP contribution >= 0.6 is 0 Å². The van der Waals surface area contributed by atoms with Gasteiger partial charge in [0.15, 0.2) is 0 Å². The number of hydrogen-bond acceptors (Lipinski definition) is 6. The first-order valence-electron chi connectivity index (χ1n) is 19.0. The molecule has 0 aliphatic heterocycles. The molecule has 7 heteroatoms. The fourth-order valence-corrected chi connectivity index (χ4v) is 14.9. The van der Waals surface area contributed by atoms with E-state index in [9.17, 15) is 9.59 Å². The number of benzene rings is 2. The van der Waals surface area contributed by atoms with Gasteiger partial charge in [-0.1, -0.05) is 0 Å². The van der Waals surface area contributed by atoms with Crippen molar-refractivity contribution in [3.05, 3.63) is 46.5 Å². The van der Waals surface area contributed by atoms with E-state index < -0.39 is 20.9 Å². The fourth-order valence-electron chi connectivity index (χ4n) is 11.8. The molecule has 8 aliphatic carbocycles. The third-order valence-electron chi connectivity index (χ3n) is 14.0. The zero-order valence-corrected chi connectivity index (χ0v) is 32.6. The van der Waals surface area contributed by atoms with E-state index in [2.05, 4.69) is 65.8 Å². The van der Waals surface area contributed by atoms with E-state index in [-0.39, 0.29) is 36.4 Å². The van der Waals surface area contributed by atoms with Gasteiger partial charge < -0.3 is 0 Å². The molecule has 8 saturated carbocycles. The second-order valence-corrected chi connectivity index (χ2v) is 20.3. The van der Waals surface area contributed by atoms with Crippen LogP contribution in [0.1, 0.15) is 100 Å². The quantitative estimate of drug-likeness (QED) is 0.194. The van der Waals surface area contributed by atoms with Gasteiger partial charge in [0.05, 0.1) is 0 Å². The molecule has 0 aromatic heterocycles. The Morgan fingerprint density at radius 2 is 0.837 bits per heavy atom. The van der Waals surface area contributed by atoms with E-state index in [4.69, 9.17) is 18.9 Å². The molecule has 0 atom stereocenters. The predicted octanol–water partition coefficient (Wildman–Crippen LogP) is 6.85. The Kier molecular flexibility index (Phi) is 8.83. The van der Waals surface area contributed by atoms with Gasteiger partial charge in [-0.2, -0.15) is 0 Å². The fraction of sp³-hybridized carbons (Fsp3) is 0.667. The van der Waals surface area contributed by atoms with Gasteiger partial charge in [-0.05, 0) is 12.8 Å². The van der Waals surface area contributed by atoms with Crippen LogP contribution in [0.25, 0.3) is 0 Å². The van der Waals surface area contributed by atoms with E-state index in [0.29, 0.717) is 23.7 Å². The van der Waals surface area contributed by atoms with Crippen molar-refractivity contribution < 1.29 is 28.5 Å². The van der Waals surface area contributed by atoms with Crippen LogP contribution in [0.2, 0.25) is 0 Å². The van der Waals surface area contributed by atoms with Crippen LogP contribution in [0.4, 0.5) is 0 Å². The first-order chi connectivity index (χ1) is 23.4. The van der Waals surface area contributed by atoms with Crippen molar-refractivity contribution in [2.75, 3.05) is 13.2 Å². The topological polar surface area (TPSA) is 71.1 Å². The molecule has 10 rings (SSSR count). The van der Waals surface area contributed by atoms with Crippen molar-refractivity contribution in [3.63, 3.8) is 0 Å². The third kappa shape index (κ3) is 6.32.